The Balaban J connectivity index is 0. The number of allylic oxidation sites excluding steroid dienone is 1. The van der Waals surface area contributed by atoms with E-state index in [1.165, 1.54) is 0 Å². The molecule has 0 aromatic carbocycles. The monoisotopic (exact) mass is 280 g/mol. The summed E-state index contributed by atoms with van der Waals surface area (Å²) in [6.45, 7) is 2.71. The molecule has 0 heterocycles. The van der Waals surface area contributed by atoms with Crippen molar-refractivity contribution in [3.63, 3.8) is 0 Å². The highest BCUT2D eigenvalue weighted by molar-refractivity contribution is 6.30. The maximum atomic E-state index is 11.5. The molecule has 0 radical (unpaired) electrons. The van der Waals surface area contributed by atoms with Crippen LogP contribution in [-0.2, 0) is 0 Å². The molecule has 92 valence electrons. The minimum absolute atomic E-state index is 0.245. The van der Waals surface area contributed by atoms with Gasteiger partial charge in [-0.25, -0.2) is 4.39 Å². The van der Waals surface area contributed by atoms with Gasteiger partial charge in [-0.1, -0.05) is 29.8 Å². The first kappa shape index (κ1) is 17.2. The zero-order valence-corrected chi connectivity index (χ0v) is 8.62. The lowest BCUT2D eigenvalue weighted by atomic mass is 10.4. The predicted octanol–water partition coefficient (Wildman–Crippen LogP) is 4.77. The molecular formula is C6H5Cl2F7. The summed E-state index contributed by atoms with van der Waals surface area (Å²) >= 11 is 8.65. The summed E-state index contributed by atoms with van der Waals surface area (Å²) in [6, 6.07) is 0. The van der Waals surface area contributed by atoms with E-state index in [2.05, 4.69) is 29.8 Å². The topological polar surface area (TPSA) is 0 Å². The Bertz CT molecular complexity index is 197. The summed E-state index contributed by atoms with van der Waals surface area (Å²) in [4.78, 5) is 0. The molecule has 0 bridgehead atoms. The smallest absolute Gasteiger partial charge is 0.216 e. The second kappa shape index (κ2) is 5.25. The fourth-order valence-electron chi connectivity index (χ4n) is 0. The Morgan fingerprint density at radius 3 is 1.13 bits per heavy atom. The zero-order chi connectivity index (χ0) is 13.1. The molecule has 0 nitrogen and oxygen atoms in total. The maximum absolute atomic E-state index is 11.5. The molecule has 0 rings (SSSR count). The molecule has 1 atom stereocenters. The highest BCUT2D eigenvalue weighted by Crippen LogP contribution is 2.36. The van der Waals surface area contributed by atoms with Crippen LogP contribution in [-0.4, -0.2) is 17.5 Å². The van der Waals surface area contributed by atoms with Gasteiger partial charge in [0.1, 0.15) is 5.03 Å². The molecule has 1 unspecified atom stereocenters. The number of halogens is 9. The highest BCUT2D eigenvalue weighted by atomic mass is 35.5. The van der Waals surface area contributed by atoms with Crippen LogP contribution in [0, 0.1) is 0 Å². The zero-order valence-electron chi connectivity index (χ0n) is 7.11. The van der Waals surface area contributed by atoms with E-state index in [1.54, 1.807) is 0 Å². The van der Waals surface area contributed by atoms with Gasteiger partial charge in [-0.3, -0.25) is 0 Å². The van der Waals surface area contributed by atoms with Crippen molar-refractivity contribution >= 4 is 23.2 Å². The SMILES string of the molecule is C=C(Cl)C(F)(F)F.CC(F)(Cl)C(F)(F)F. The van der Waals surface area contributed by atoms with Crippen molar-refractivity contribution < 1.29 is 30.7 Å². The van der Waals surface area contributed by atoms with E-state index in [4.69, 9.17) is 0 Å². The van der Waals surface area contributed by atoms with Gasteiger partial charge in [-0.15, -0.1) is 0 Å². The van der Waals surface area contributed by atoms with Gasteiger partial charge >= 0.3 is 12.4 Å². The van der Waals surface area contributed by atoms with E-state index in [9.17, 15) is 30.7 Å². The van der Waals surface area contributed by atoms with E-state index in [0.717, 1.165) is 0 Å². The molecule has 0 N–H and O–H groups in total. The molecule has 0 aromatic rings. The molecule has 0 amide bonds. The lowest BCUT2D eigenvalue weighted by Crippen LogP contribution is -2.31. The molecule has 9 heteroatoms. The van der Waals surface area contributed by atoms with Crippen LogP contribution in [0.5, 0.6) is 0 Å². The molecule has 0 aliphatic heterocycles. The van der Waals surface area contributed by atoms with Crippen LogP contribution in [0.25, 0.3) is 0 Å². The predicted molar refractivity (Wildman–Crippen MR) is 42.5 cm³/mol. The highest BCUT2D eigenvalue weighted by Gasteiger charge is 2.50. The van der Waals surface area contributed by atoms with Crippen molar-refractivity contribution in [3.8, 4) is 0 Å². The minimum atomic E-state index is -4.96. The van der Waals surface area contributed by atoms with Crippen LogP contribution < -0.4 is 0 Å². The molecule has 15 heavy (non-hydrogen) atoms. The average molecular weight is 281 g/mol. The third-order valence-corrected chi connectivity index (χ3v) is 1.23. The summed E-state index contributed by atoms with van der Waals surface area (Å²) in [5, 5.41) is -4.88. The van der Waals surface area contributed by atoms with Gasteiger partial charge in [-0.05, 0) is 6.92 Å². The van der Waals surface area contributed by atoms with Gasteiger partial charge in [0.2, 0.25) is 0 Å². The van der Waals surface area contributed by atoms with Crippen molar-refractivity contribution in [1.82, 2.24) is 0 Å². The van der Waals surface area contributed by atoms with Crippen molar-refractivity contribution in [2.75, 3.05) is 0 Å². The number of hydrogen-bond donors (Lipinski definition) is 0. The normalized spacial score (nSPS) is 16.1. The van der Waals surface area contributed by atoms with Crippen molar-refractivity contribution in [2.24, 2.45) is 0 Å². The largest absolute Gasteiger partial charge is 0.436 e. The van der Waals surface area contributed by atoms with Gasteiger partial charge in [0.05, 0.1) is 0 Å². The Labute approximate surface area is 90.6 Å². The number of hydrogen-bond acceptors (Lipinski definition) is 0. The van der Waals surface area contributed by atoms with E-state index in [-0.39, 0.29) is 6.92 Å². The number of rotatable bonds is 0. The standard InChI is InChI=1S/C3H3ClF4.C3H2ClF3/c1-2(4,5)3(6,7)8;1-2(4)3(5,6)7/h1H3;1H2. The van der Waals surface area contributed by atoms with Gasteiger partial charge in [0, 0.05) is 0 Å². The molecule has 0 aliphatic rings. The van der Waals surface area contributed by atoms with E-state index >= 15 is 0 Å². The Kier molecular flexibility index (Phi) is 6.03. The third-order valence-electron chi connectivity index (χ3n) is 0.805. The Morgan fingerprint density at radius 2 is 1.13 bits per heavy atom. The molecular weight excluding hydrogens is 276 g/mol. The summed E-state index contributed by atoms with van der Waals surface area (Å²) in [5.74, 6) is 0. The van der Waals surface area contributed by atoms with Crippen molar-refractivity contribution in [3.05, 3.63) is 11.6 Å². The summed E-state index contributed by atoms with van der Waals surface area (Å²) in [5.41, 5.74) is 0. The first-order valence-electron chi connectivity index (χ1n) is 3.05. The van der Waals surface area contributed by atoms with Gasteiger partial charge in [-0.2, -0.15) is 26.3 Å². The first-order chi connectivity index (χ1) is 6.19. The van der Waals surface area contributed by atoms with Crippen molar-refractivity contribution in [2.45, 2.75) is 24.4 Å². The second-order valence-corrected chi connectivity index (χ2v) is 3.45. The lowest BCUT2D eigenvalue weighted by molar-refractivity contribution is -0.192. The van der Waals surface area contributed by atoms with Gasteiger partial charge in [0.15, 0.2) is 0 Å². The number of alkyl halides is 8. The van der Waals surface area contributed by atoms with Crippen LogP contribution in [0.2, 0.25) is 0 Å². The Hall–Kier alpha value is -0.170. The third kappa shape index (κ3) is 8.80. The molecule has 0 spiro atoms. The summed E-state index contributed by atoms with van der Waals surface area (Å²) in [7, 11) is 0. The van der Waals surface area contributed by atoms with E-state index in [1.807, 2.05) is 0 Å². The molecule has 0 saturated heterocycles. The van der Waals surface area contributed by atoms with Crippen LogP contribution >= 0.6 is 23.2 Å². The van der Waals surface area contributed by atoms with Crippen molar-refractivity contribution in [1.29, 1.82) is 0 Å². The van der Waals surface area contributed by atoms with E-state index in [0.29, 0.717) is 0 Å². The fraction of sp³-hybridized carbons (Fsp3) is 0.667. The van der Waals surface area contributed by atoms with Gasteiger partial charge in [0.25, 0.3) is 5.13 Å². The molecule has 0 aliphatic carbocycles. The van der Waals surface area contributed by atoms with Crippen LogP contribution in [0.1, 0.15) is 6.92 Å². The lowest BCUT2D eigenvalue weighted by Gasteiger charge is -2.14. The maximum Gasteiger partial charge on any atom is 0.436 e. The van der Waals surface area contributed by atoms with Gasteiger partial charge < -0.3 is 0 Å². The second-order valence-electron chi connectivity index (χ2n) is 2.29. The Morgan fingerprint density at radius 1 is 1.00 bits per heavy atom. The quantitative estimate of drug-likeness (QED) is 0.443. The molecule has 0 aromatic heterocycles. The van der Waals surface area contributed by atoms with Crippen LogP contribution in [0.4, 0.5) is 30.7 Å². The van der Waals surface area contributed by atoms with Crippen LogP contribution in [0.3, 0.4) is 0 Å². The van der Waals surface area contributed by atoms with E-state index < -0.39 is 22.5 Å². The van der Waals surface area contributed by atoms with Crippen LogP contribution in [0.15, 0.2) is 11.6 Å². The fourth-order valence-corrected chi connectivity index (χ4v) is 0. The summed E-state index contributed by atoms with van der Waals surface area (Å²) in [6.07, 6.45) is -9.39. The molecule has 0 fully saturated rings. The minimum Gasteiger partial charge on any atom is -0.216 e. The average Bonchev–Trinajstić information content (AvgIpc) is 1.80. The first-order valence-corrected chi connectivity index (χ1v) is 3.81. The summed E-state index contributed by atoms with van der Waals surface area (Å²) < 4.78 is 77.5. The molecule has 0 saturated carbocycles.